The molecule has 0 radical (unpaired) electrons. The van der Waals surface area contributed by atoms with Crippen LogP contribution in [0.25, 0.3) is 0 Å². The van der Waals surface area contributed by atoms with Gasteiger partial charge in [-0.15, -0.1) is 11.3 Å². The Kier molecular flexibility index (Phi) is 13.5. The standard InChI is InChI=1S/C40H45ClN8O5S2/c1-21(2)29-18-30(33(51)20-32(29)50)37(43)49(40(45)55)27-10-12-28(13-11-27)54-17-16-53-15-14-46-34(52)19-31-38(44)48(24(5)42)39-35(22(3)23(4)56-39)36(47-31)25-6-8-26(41)9-7-25/h6-13,18,20-21,31,42-44,50-51H,14-17,19H2,1-5H3,(H2,45,55)(H,46,52)/t31-/m0/s1. The maximum Gasteiger partial charge on any atom is 0.222 e. The van der Waals surface area contributed by atoms with E-state index in [9.17, 15) is 15.0 Å². The molecule has 1 amide bonds. The number of amidine groups is 3. The molecule has 1 aliphatic rings. The van der Waals surface area contributed by atoms with Crippen molar-refractivity contribution in [3.8, 4) is 17.2 Å². The lowest BCUT2D eigenvalue weighted by molar-refractivity contribution is -0.121. The first kappa shape index (κ1) is 41.8. The van der Waals surface area contributed by atoms with E-state index in [-0.39, 0.29) is 84.3 Å². The molecule has 4 aromatic rings. The highest BCUT2D eigenvalue weighted by Gasteiger charge is 2.35. The highest BCUT2D eigenvalue weighted by atomic mass is 35.5. The van der Waals surface area contributed by atoms with Crippen molar-refractivity contribution >= 4 is 80.1 Å². The van der Waals surface area contributed by atoms with E-state index in [0.29, 0.717) is 27.7 Å². The van der Waals surface area contributed by atoms with Crippen LogP contribution in [0.2, 0.25) is 5.02 Å². The van der Waals surface area contributed by atoms with Gasteiger partial charge in [0, 0.05) is 33.6 Å². The van der Waals surface area contributed by atoms with Crippen molar-refractivity contribution in [3.05, 3.63) is 98.4 Å². The average molecular weight is 817 g/mol. The number of thiocarbonyl (C=S) groups is 1. The number of ether oxygens (including phenoxy) is 2. The van der Waals surface area contributed by atoms with Crippen LogP contribution in [0.5, 0.6) is 17.2 Å². The molecular formula is C40H45ClN8O5S2. The number of thiophene rings is 1. The van der Waals surface area contributed by atoms with Crippen LogP contribution < -0.4 is 25.6 Å². The first-order valence-corrected chi connectivity index (χ1v) is 19.4. The number of nitrogens with one attached hydrogen (secondary N) is 4. The second-order valence-corrected chi connectivity index (χ2v) is 15.4. The van der Waals surface area contributed by atoms with Crippen LogP contribution in [-0.4, -0.2) is 76.9 Å². The predicted molar refractivity (Wildman–Crippen MR) is 229 cm³/mol. The number of hydrogen-bond donors (Lipinski definition) is 7. The lowest BCUT2D eigenvalue weighted by Gasteiger charge is -2.25. The molecule has 3 aromatic carbocycles. The summed E-state index contributed by atoms with van der Waals surface area (Å²) >= 11 is 12.9. The van der Waals surface area contributed by atoms with Gasteiger partial charge in [-0.3, -0.25) is 35.8 Å². The molecule has 0 bridgehead atoms. The number of anilines is 2. The minimum Gasteiger partial charge on any atom is -0.508 e. The lowest BCUT2D eigenvalue weighted by atomic mass is 9.98. The number of aromatic hydroxyl groups is 2. The van der Waals surface area contributed by atoms with Gasteiger partial charge < -0.3 is 30.7 Å². The Labute approximate surface area is 340 Å². The minimum absolute atomic E-state index is 0.0484. The molecule has 0 spiro atoms. The molecule has 56 heavy (non-hydrogen) atoms. The first-order valence-electron chi connectivity index (χ1n) is 17.8. The molecule has 1 aliphatic heterocycles. The number of benzene rings is 3. The molecular weight excluding hydrogens is 772 g/mol. The number of hydrogen-bond acceptors (Lipinski definition) is 11. The van der Waals surface area contributed by atoms with E-state index in [1.807, 2.05) is 39.8 Å². The summed E-state index contributed by atoms with van der Waals surface area (Å²) < 4.78 is 11.5. The van der Waals surface area contributed by atoms with Crippen LogP contribution in [0.4, 0.5) is 10.7 Å². The van der Waals surface area contributed by atoms with Crippen molar-refractivity contribution < 1.29 is 24.5 Å². The molecule has 8 N–H and O–H groups in total. The van der Waals surface area contributed by atoms with Gasteiger partial charge in [-0.25, -0.2) is 0 Å². The highest BCUT2D eigenvalue weighted by Crippen LogP contribution is 2.40. The highest BCUT2D eigenvalue weighted by molar-refractivity contribution is 7.80. The van der Waals surface area contributed by atoms with Gasteiger partial charge >= 0.3 is 0 Å². The van der Waals surface area contributed by atoms with Gasteiger partial charge in [-0.05, 0) is 92.5 Å². The van der Waals surface area contributed by atoms with E-state index in [1.54, 1.807) is 54.3 Å². The maximum absolute atomic E-state index is 13.2. The van der Waals surface area contributed by atoms with Gasteiger partial charge in [0.2, 0.25) is 5.91 Å². The zero-order valence-corrected chi connectivity index (χ0v) is 34.1. The largest absolute Gasteiger partial charge is 0.508 e. The average Bonchev–Trinajstić information content (AvgIpc) is 3.35. The van der Waals surface area contributed by atoms with E-state index in [0.717, 1.165) is 26.6 Å². The fourth-order valence-corrected chi connectivity index (χ4v) is 7.69. The summed E-state index contributed by atoms with van der Waals surface area (Å²) in [5.41, 5.74) is 10.5. The fraction of sp³-hybridized carbons (Fsp3) is 0.300. The summed E-state index contributed by atoms with van der Waals surface area (Å²) in [6.45, 7) is 10.3. The second-order valence-electron chi connectivity index (χ2n) is 13.4. The Hall–Kier alpha value is -5.35. The molecule has 0 fully saturated rings. The number of nitrogens with two attached hydrogens (primary N) is 1. The summed E-state index contributed by atoms with van der Waals surface area (Å²) in [6.07, 6.45) is -0.0906. The van der Waals surface area contributed by atoms with Gasteiger partial charge in [0.1, 0.15) is 52.4 Å². The number of halogens is 1. The number of aryl methyl sites for hydroxylation is 1. The van der Waals surface area contributed by atoms with E-state index >= 15 is 0 Å². The topological polar surface area (TPSA) is 204 Å². The Balaban J connectivity index is 1.14. The Morgan fingerprint density at radius 3 is 2.38 bits per heavy atom. The van der Waals surface area contributed by atoms with Crippen molar-refractivity contribution in [2.75, 3.05) is 36.2 Å². The minimum atomic E-state index is -0.836. The zero-order valence-electron chi connectivity index (χ0n) is 31.7. The van der Waals surface area contributed by atoms with E-state index in [2.05, 4.69) is 5.32 Å². The number of nitrogens with zero attached hydrogens (tertiary/aromatic N) is 3. The third kappa shape index (κ3) is 9.36. The molecule has 13 nitrogen and oxygen atoms in total. The molecule has 294 valence electrons. The molecule has 1 aromatic heterocycles. The maximum atomic E-state index is 13.2. The predicted octanol–water partition coefficient (Wildman–Crippen LogP) is 7.23. The number of rotatable bonds is 13. The number of fused-ring (bicyclic) bond motifs is 1. The molecule has 0 unspecified atom stereocenters. The van der Waals surface area contributed by atoms with E-state index in [1.165, 1.54) is 22.3 Å². The van der Waals surface area contributed by atoms with E-state index in [4.69, 9.17) is 60.2 Å². The van der Waals surface area contributed by atoms with Crippen LogP contribution in [0.3, 0.4) is 0 Å². The molecule has 16 heteroatoms. The summed E-state index contributed by atoms with van der Waals surface area (Å²) in [6, 6.07) is 16.0. The molecule has 0 aliphatic carbocycles. The van der Waals surface area contributed by atoms with Crippen molar-refractivity contribution in [2.24, 2.45) is 10.7 Å². The Morgan fingerprint density at radius 2 is 1.75 bits per heavy atom. The smallest absolute Gasteiger partial charge is 0.222 e. The number of carbonyl (C=O) groups is 1. The second kappa shape index (κ2) is 18.1. The normalized spacial score (nSPS) is 13.8. The van der Waals surface area contributed by atoms with Crippen molar-refractivity contribution in [1.29, 1.82) is 16.2 Å². The Morgan fingerprint density at radius 1 is 1.07 bits per heavy atom. The van der Waals surface area contributed by atoms with Crippen molar-refractivity contribution in [3.63, 3.8) is 0 Å². The van der Waals surface area contributed by atoms with E-state index < -0.39 is 6.04 Å². The van der Waals surface area contributed by atoms with Crippen LogP contribution in [-0.2, 0) is 9.53 Å². The number of phenolic OH excluding ortho intramolecular Hbond substituents is 2. The first-order chi connectivity index (χ1) is 26.6. The van der Waals surface area contributed by atoms with Gasteiger partial charge in [0.25, 0.3) is 0 Å². The molecule has 2 heterocycles. The SMILES string of the molecule is CC(=N)N1C(=N)[C@H](CC(=O)NCCOCCOc2ccc(N(C(=N)c3cc(C(C)C)c(O)cc3O)C(N)=S)cc2)N=C(c2ccc(Cl)cc2)c2c1sc(C)c2C. The molecule has 0 saturated heterocycles. The number of phenols is 2. The van der Waals surface area contributed by atoms with Gasteiger partial charge in [0.15, 0.2) is 5.11 Å². The monoisotopic (exact) mass is 816 g/mol. The summed E-state index contributed by atoms with van der Waals surface area (Å²) in [7, 11) is 0. The van der Waals surface area contributed by atoms with Crippen LogP contribution >= 0.6 is 35.2 Å². The summed E-state index contributed by atoms with van der Waals surface area (Å²) in [4.78, 5) is 22.1. The van der Waals surface area contributed by atoms with Gasteiger partial charge in [-0.2, -0.15) is 0 Å². The molecule has 0 saturated carbocycles. The van der Waals surface area contributed by atoms with Crippen LogP contribution in [0.1, 0.15) is 65.8 Å². The lowest BCUT2D eigenvalue weighted by Crippen LogP contribution is -2.42. The summed E-state index contributed by atoms with van der Waals surface area (Å²) in [5, 5.41) is 51.2. The van der Waals surface area contributed by atoms with Crippen LogP contribution in [0, 0.1) is 30.1 Å². The van der Waals surface area contributed by atoms with Gasteiger partial charge in [-0.1, -0.05) is 37.6 Å². The Bertz CT molecular complexity index is 2190. The summed E-state index contributed by atoms with van der Waals surface area (Å²) in [5.74, 6) is -0.0954. The van der Waals surface area contributed by atoms with Crippen LogP contribution in [0.15, 0.2) is 65.7 Å². The number of aliphatic imine (C=N–C) groups is 1. The van der Waals surface area contributed by atoms with Gasteiger partial charge in [0.05, 0.1) is 36.6 Å². The fourth-order valence-electron chi connectivity index (χ4n) is 6.14. The number of amides is 1. The zero-order chi connectivity index (χ0) is 40.8. The quantitative estimate of drug-likeness (QED) is 0.0314. The van der Waals surface area contributed by atoms with Crippen molar-refractivity contribution in [2.45, 2.75) is 53.0 Å². The third-order valence-corrected chi connectivity index (χ3v) is 10.7. The van der Waals surface area contributed by atoms with Crippen molar-refractivity contribution in [1.82, 2.24) is 5.32 Å². The number of carbonyl (C=O) groups excluding carboxylic acids is 1. The molecule has 1 atom stereocenters. The third-order valence-electron chi connectivity index (χ3n) is 9.11. The molecule has 5 rings (SSSR count).